The van der Waals surface area contributed by atoms with E-state index >= 15 is 0 Å². The Morgan fingerprint density at radius 1 is 1.06 bits per heavy atom. The van der Waals surface area contributed by atoms with Crippen LogP contribution in [0.1, 0.15) is 36.0 Å². The monoisotopic (exact) mass is 476 g/mol. The zero-order chi connectivity index (χ0) is 23.4. The summed E-state index contributed by atoms with van der Waals surface area (Å²) in [5, 5.41) is 3.08. The van der Waals surface area contributed by atoms with Crippen LogP contribution in [0.4, 0.5) is 0 Å². The molecular weight excluding hydrogens is 444 g/mol. The summed E-state index contributed by atoms with van der Waals surface area (Å²) in [5.41, 5.74) is 0.123. The minimum Gasteiger partial charge on any atom is -0.379 e. The molecule has 2 fully saturated rings. The van der Waals surface area contributed by atoms with E-state index in [9.17, 15) is 18.0 Å². The van der Waals surface area contributed by atoms with Gasteiger partial charge in [-0.25, -0.2) is 8.42 Å². The molecule has 4 rings (SSSR count). The molecule has 0 spiro atoms. The predicted octanol–water partition coefficient (Wildman–Crippen LogP) is 1.17. The van der Waals surface area contributed by atoms with Crippen LogP contribution in [-0.2, 0) is 21.8 Å². The molecule has 0 bridgehead atoms. The van der Waals surface area contributed by atoms with Crippen LogP contribution in [0.5, 0.6) is 0 Å². The molecule has 1 N–H and O–H groups in total. The molecule has 1 amide bonds. The molecule has 1 aromatic carbocycles. The topological polar surface area (TPSA) is 101 Å². The standard InChI is InChI=1S/C23H32N4O5S/c1-25-17-20(23(29)24-8-11-26-9-4-2-3-5-10-26)22(28)19-16-18(6-7-21(19)25)33(30,31)27-12-14-32-15-13-27/h6-7,16-17H,2-5,8-15H2,1H3,(H,24,29). The van der Waals surface area contributed by atoms with Crippen LogP contribution < -0.4 is 10.7 Å². The van der Waals surface area contributed by atoms with Gasteiger partial charge in [-0.3, -0.25) is 9.59 Å². The molecule has 0 atom stereocenters. The van der Waals surface area contributed by atoms with Crippen molar-refractivity contribution in [2.75, 3.05) is 52.5 Å². The zero-order valence-corrected chi connectivity index (χ0v) is 19.9. The van der Waals surface area contributed by atoms with Gasteiger partial charge in [0.1, 0.15) is 5.56 Å². The van der Waals surface area contributed by atoms with E-state index in [0.29, 0.717) is 25.3 Å². The largest absolute Gasteiger partial charge is 0.379 e. The molecular formula is C23H32N4O5S. The summed E-state index contributed by atoms with van der Waals surface area (Å²) in [6.07, 6.45) is 6.37. The Bertz CT molecular complexity index is 1160. The Kier molecular flexibility index (Phi) is 7.48. The molecule has 33 heavy (non-hydrogen) atoms. The molecule has 0 radical (unpaired) electrons. The third kappa shape index (κ3) is 5.29. The first-order valence-electron chi connectivity index (χ1n) is 11.6. The molecule has 2 saturated heterocycles. The van der Waals surface area contributed by atoms with Gasteiger partial charge in [0.15, 0.2) is 0 Å². The smallest absolute Gasteiger partial charge is 0.256 e. The van der Waals surface area contributed by atoms with E-state index < -0.39 is 21.4 Å². The number of likely N-dealkylation sites (tertiary alicyclic amines) is 1. The SMILES string of the molecule is Cn1cc(C(=O)NCCN2CCCCCC2)c(=O)c2cc(S(=O)(=O)N3CCOCC3)ccc21. The molecule has 2 aliphatic rings. The summed E-state index contributed by atoms with van der Waals surface area (Å²) >= 11 is 0. The van der Waals surface area contributed by atoms with Crippen molar-refractivity contribution in [3.05, 3.63) is 40.2 Å². The number of nitrogens with one attached hydrogen (secondary N) is 1. The number of pyridine rings is 1. The van der Waals surface area contributed by atoms with Crippen LogP contribution in [0, 0.1) is 0 Å². The number of aromatic nitrogens is 1. The number of fused-ring (bicyclic) bond motifs is 1. The first-order valence-corrected chi connectivity index (χ1v) is 13.0. The molecule has 10 heteroatoms. The number of aryl methyl sites for hydroxylation is 1. The van der Waals surface area contributed by atoms with Gasteiger partial charge >= 0.3 is 0 Å². The van der Waals surface area contributed by atoms with E-state index in [-0.39, 0.29) is 28.9 Å². The number of benzene rings is 1. The second-order valence-electron chi connectivity index (χ2n) is 8.69. The molecule has 2 aromatic rings. The molecule has 0 aliphatic carbocycles. The van der Waals surface area contributed by atoms with Crippen molar-refractivity contribution < 1.29 is 17.9 Å². The van der Waals surface area contributed by atoms with Crippen molar-refractivity contribution in [1.29, 1.82) is 0 Å². The number of carbonyl (C=O) groups excluding carboxylic acids is 1. The fourth-order valence-corrected chi connectivity index (χ4v) is 5.95. The average Bonchev–Trinajstić information content (AvgIpc) is 3.10. The first kappa shape index (κ1) is 23.9. The molecule has 1 aromatic heterocycles. The minimum absolute atomic E-state index is 0.0155. The summed E-state index contributed by atoms with van der Waals surface area (Å²) in [6, 6.07) is 4.51. The van der Waals surface area contributed by atoms with E-state index in [1.807, 2.05) is 0 Å². The number of hydrogen-bond donors (Lipinski definition) is 1. The van der Waals surface area contributed by atoms with Crippen molar-refractivity contribution in [2.45, 2.75) is 30.6 Å². The highest BCUT2D eigenvalue weighted by Crippen LogP contribution is 2.21. The summed E-state index contributed by atoms with van der Waals surface area (Å²) < 4.78 is 34.4. The van der Waals surface area contributed by atoms with Gasteiger partial charge in [0.05, 0.1) is 23.6 Å². The number of amides is 1. The van der Waals surface area contributed by atoms with Crippen LogP contribution in [0.25, 0.3) is 10.9 Å². The van der Waals surface area contributed by atoms with Gasteiger partial charge in [0.2, 0.25) is 15.5 Å². The van der Waals surface area contributed by atoms with E-state index in [1.165, 1.54) is 48.3 Å². The maximum atomic E-state index is 13.2. The number of morpholine rings is 1. The molecule has 180 valence electrons. The second-order valence-corrected chi connectivity index (χ2v) is 10.6. The number of nitrogens with zero attached hydrogens (tertiary/aromatic N) is 3. The van der Waals surface area contributed by atoms with Crippen molar-refractivity contribution in [2.24, 2.45) is 7.05 Å². The van der Waals surface area contributed by atoms with Crippen LogP contribution in [0.3, 0.4) is 0 Å². The van der Waals surface area contributed by atoms with Gasteiger partial charge in [-0.15, -0.1) is 0 Å². The lowest BCUT2D eigenvalue weighted by Gasteiger charge is -2.26. The highest BCUT2D eigenvalue weighted by molar-refractivity contribution is 7.89. The molecule has 0 unspecified atom stereocenters. The fraction of sp³-hybridized carbons (Fsp3) is 0.565. The Morgan fingerprint density at radius 3 is 2.45 bits per heavy atom. The van der Waals surface area contributed by atoms with E-state index in [4.69, 9.17) is 4.74 Å². The van der Waals surface area contributed by atoms with E-state index in [1.54, 1.807) is 17.7 Å². The number of rotatable bonds is 6. The van der Waals surface area contributed by atoms with Crippen LogP contribution >= 0.6 is 0 Å². The van der Waals surface area contributed by atoms with Crippen molar-refractivity contribution in [1.82, 2.24) is 19.1 Å². The number of ether oxygens (including phenoxy) is 1. The van der Waals surface area contributed by atoms with Gasteiger partial charge in [-0.05, 0) is 44.1 Å². The Hall–Kier alpha value is -2.27. The third-order valence-electron chi connectivity index (χ3n) is 6.42. The van der Waals surface area contributed by atoms with Crippen LogP contribution in [0.15, 0.2) is 34.1 Å². The summed E-state index contributed by atoms with van der Waals surface area (Å²) in [5.74, 6) is -0.436. The van der Waals surface area contributed by atoms with Crippen molar-refractivity contribution >= 4 is 26.8 Å². The molecule has 9 nitrogen and oxygen atoms in total. The zero-order valence-electron chi connectivity index (χ0n) is 19.1. The quantitative estimate of drug-likeness (QED) is 0.672. The summed E-state index contributed by atoms with van der Waals surface area (Å²) in [4.78, 5) is 28.4. The van der Waals surface area contributed by atoms with Gasteiger partial charge in [-0.2, -0.15) is 4.31 Å². The molecule has 2 aliphatic heterocycles. The molecule has 3 heterocycles. The second kappa shape index (κ2) is 10.3. The number of carbonyl (C=O) groups is 1. The van der Waals surface area contributed by atoms with Crippen LogP contribution in [-0.4, -0.2) is 80.6 Å². The lowest BCUT2D eigenvalue weighted by molar-refractivity contribution is 0.0730. The van der Waals surface area contributed by atoms with Gasteiger partial charge in [0.25, 0.3) is 5.91 Å². The van der Waals surface area contributed by atoms with Crippen molar-refractivity contribution in [3.8, 4) is 0 Å². The maximum absolute atomic E-state index is 13.2. The number of sulfonamides is 1. The lowest BCUT2D eigenvalue weighted by atomic mass is 10.1. The normalized spacial score (nSPS) is 18.8. The van der Waals surface area contributed by atoms with E-state index in [0.717, 1.165) is 19.6 Å². The summed E-state index contributed by atoms with van der Waals surface area (Å²) in [6.45, 7) is 4.53. The van der Waals surface area contributed by atoms with E-state index in [2.05, 4.69) is 10.2 Å². The summed E-state index contributed by atoms with van der Waals surface area (Å²) in [7, 11) is -2.00. The highest BCUT2D eigenvalue weighted by Gasteiger charge is 2.27. The fourth-order valence-electron chi connectivity index (χ4n) is 4.51. The lowest BCUT2D eigenvalue weighted by Crippen LogP contribution is -2.40. The van der Waals surface area contributed by atoms with Gasteiger partial charge in [-0.1, -0.05) is 12.8 Å². The van der Waals surface area contributed by atoms with Gasteiger partial charge in [0, 0.05) is 44.8 Å². The number of hydrogen-bond acceptors (Lipinski definition) is 6. The Balaban J connectivity index is 1.55. The molecule has 0 saturated carbocycles. The maximum Gasteiger partial charge on any atom is 0.256 e. The highest BCUT2D eigenvalue weighted by atomic mass is 32.2. The average molecular weight is 477 g/mol. The van der Waals surface area contributed by atoms with Gasteiger partial charge < -0.3 is 19.5 Å². The van der Waals surface area contributed by atoms with Crippen molar-refractivity contribution in [3.63, 3.8) is 0 Å². The predicted molar refractivity (Wildman–Crippen MR) is 126 cm³/mol. The Morgan fingerprint density at radius 2 is 1.76 bits per heavy atom. The third-order valence-corrected chi connectivity index (χ3v) is 8.32. The Labute approximate surface area is 194 Å². The van der Waals surface area contributed by atoms with Crippen LogP contribution in [0.2, 0.25) is 0 Å². The first-order chi connectivity index (χ1) is 15.9. The minimum atomic E-state index is -3.75.